The maximum Gasteiger partial charge on any atom is 0.128 e. The normalized spacial score (nSPS) is 9.89. The summed E-state index contributed by atoms with van der Waals surface area (Å²) in [6, 6.07) is 10.1. The fourth-order valence-electron chi connectivity index (χ4n) is 1.48. The highest BCUT2D eigenvalue weighted by Gasteiger charge is 2.03. The van der Waals surface area contributed by atoms with E-state index in [1.54, 1.807) is 18.2 Å². The summed E-state index contributed by atoms with van der Waals surface area (Å²) in [7, 11) is 0. The number of hydrogen-bond donors (Lipinski definition) is 1. The molecule has 0 aliphatic rings. The third-order valence-corrected chi connectivity index (χ3v) is 2.90. The first kappa shape index (κ1) is 12.5. The van der Waals surface area contributed by atoms with Crippen LogP contribution in [0, 0.1) is 23.0 Å². The van der Waals surface area contributed by atoms with E-state index >= 15 is 0 Å². The number of benzene rings is 2. The van der Waals surface area contributed by atoms with Crippen molar-refractivity contribution in [1.82, 2.24) is 0 Å². The first-order valence-electron chi connectivity index (χ1n) is 5.01. The minimum atomic E-state index is -0.648. The molecule has 0 atom stereocenters. The van der Waals surface area contributed by atoms with Gasteiger partial charge in [0.05, 0.1) is 5.56 Å². The molecule has 0 unspecified atom stereocenters. The van der Waals surface area contributed by atoms with Gasteiger partial charge in [-0.1, -0.05) is 0 Å². The summed E-state index contributed by atoms with van der Waals surface area (Å²) in [5, 5.41) is 11.6. The van der Waals surface area contributed by atoms with Gasteiger partial charge in [-0.2, -0.15) is 5.26 Å². The predicted octanol–water partition coefficient (Wildman–Crippen LogP) is 4.34. The van der Waals surface area contributed by atoms with Crippen molar-refractivity contribution in [3.63, 3.8) is 0 Å². The maximum absolute atomic E-state index is 13.0. The third-order valence-electron chi connectivity index (χ3n) is 2.24. The van der Waals surface area contributed by atoms with Gasteiger partial charge < -0.3 is 5.32 Å². The standard InChI is InChI=1S/C13H7BrF2N2/c14-13-6-11(2-1-8(13)7-17)18-12-4-9(15)3-10(16)5-12/h1-6,18H. The van der Waals surface area contributed by atoms with E-state index in [-0.39, 0.29) is 0 Å². The van der Waals surface area contributed by atoms with E-state index in [0.29, 0.717) is 21.4 Å². The highest BCUT2D eigenvalue weighted by molar-refractivity contribution is 9.10. The average Bonchev–Trinajstić information content (AvgIpc) is 2.27. The topological polar surface area (TPSA) is 35.8 Å². The molecule has 2 aromatic rings. The van der Waals surface area contributed by atoms with Gasteiger partial charge in [-0.25, -0.2) is 8.78 Å². The second-order valence-electron chi connectivity index (χ2n) is 3.59. The van der Waals surface area contributed by atoms with Crippen molar-refractivity contribution in [3.05, 3.63) is 58.1 Å². The van der Waals surface area contributed by atoms with Crippen molar-refractivity contribution in [3.8, 4) is 6.07 Å². The van der Waals surface area contributed by atoms with Crippen LogP contribution in [0.25, 0.3) is 0 Å². The Kier molecular flexibility index (Phi) is 3.58. The lowest BCUT2D eigenvalue weighted by Crippen LogP contribution is -1.93. The van der Waals surface area contributed by atoms with Crippen LogP contribution in [0.5, 0.6) is 0 Å². The molecule has 0 fully saturated rings. The van der Waals surface area contributed by atoms with E-state index in [4.69, 9.17) is 5.26 Å². The Labute approximate surface area is 111 Å². The van der Waals surface area contributed by atoms with Crippen molar-refractivity contribution in [2.45, 2.75) is 0 Å². The van der Waals surface area contributed by atoms with Crippen LogP contribution in [0.4, 0.5) is 20.2 Å². The van der Waals surface area contributed by atoms with Crippen LogP contribution in [-0.2, 0) is 0 Å². The lowest BCUT2D eigenvalue weighted by Gasteiger charge is -2.07. The van der Waals surface area contributed by atoms with Crippen LogP contribution in [-0.4, -0.2) is 0 Å². The van der Waals surface area contributed by atoms with E-state index in [2.05, 4.69) is 21.2 Å². The molecular weight excluding hydrogens is 302 g/mol. The highest BCUT2D eigenvalue weighted by atomic mass is 79.9. The molecule has 90 valence electrons. The Morgan fingerprint density at radius 3 is 2.22 bits per heavy atom. The zero-order valence-electron chi connectivity index (χ0n) is 9.05. The van der Waals surface area contributed by atoms with E-state index in [1.807, 2.05) is 6.07 Å². The molecular formula is C13H7BrF2N2. The van der Waals surface area contributed by atoms with Gasteiger partial charge in [0.1, 0.15) is 17.7 Å². The molecule has 0 saturated carbocycles. The minimum Gasteiger partial charge on any atom is -0.355 e. The number of rotatable bonds is 2. The molecule has 0 bridgehead atoms. The van der Waals surface area contributed by atoms with Crippen molar-refractivity contribution in [2.75, 3.05) is 5.32 Å². The van der Waals surface area contributed by atoms with Crippen LogP contribution in [0.15, 0.2) is 40.9 Å². The molecule has 2 rings (SSSR count). The molecule has 1 N–H and O–H groups in total. The number of halogens is 3. The Balaban J connectivity index is 2.29. The fraction of sp³-hybridized carbons (Fsp3) is 0. The Morgan fingerprint density at radius 1 is 1.00 bits per heavy atom. The molecule has 2 nitrogen and oxygen atoms in total. The van der Waals surface area contributed by atoms with Gasteiger partial charge in [0.15, 0.2) is 0 Å². The first-order valence-corrected chi connectivity index (χ1v) is 5.80. The van der Waals surface area contributed by atoms with Crippen molar-refractivity contribution in [2.24, 2.45) is 0 Å². The Morgan fingerprint density at radius 2 is 1.67 bits per heavy atom. The predicted molar refractivity (Wildman–Crippen MR) is 68.5 cm³/mol. The van der Waals surface area contributed by atoms with Crippen LogP contribution >= 0.6 is 15.9 Å². The van der Waals surface area contributed by atoms with Gasteiger partial charge in [0.2, 0.25) is 0 Å². The summed E-state index contributed by atoms with van der Waals surface area (Å²) >= 11 is 3.24. The Hall–Kier alpha value is -1.93. The average molecular weight is 309 g/mol. The molecule has 2 aromatic carbocycles. The second-order valence-corrected chi connectivity index (χ2v) is 4.44. The van der Waals surface area contributed by atoms with Crippen molar-refractivity contribution >= 4 is 27.3 Å². The van der Waals surface area contributed by atoms with Gasteiger partial charge in [-0.15, -0.1) is 0 Å². The highest BCUT2D eigenvalue weighted by Crippen LogP contribution is 2.24. The zero-order chi connectivity index (χ0) is 13.1. The number of nitrogens with one attached hydrogen (secondary N) is 1. The summed E-state index contributed by atoms with van der Waals surface area (Å²) in [6.45, 7) is 0. The van der Waals surface area contributed by atoms with Gasteiger partial charge in [0, 0.05) is 21.9 Å². The van der Waals surface area contributed by atoms with Crippen LogP contribution in [0.2, 0.25) is 0 Å². The van der Waals surface area contributed by atoms with E-state index in [1.165, 1.54) is 12.1 Å². The summed E-state index contributed by atoms with van der Waals surface area (Å²) in [5.74, 6) is -1.30. The fourth-order valence-corrected chi connectivity index (χ4v) is 1.94. The summed E-state index contributed by atoms with van der Waals surface area (Å²) in [5.41, 5.74) is 1.43. The van der Waals surface area contributed by atoms with E-state index < -0.39 is 11.6 Å². The van der Waals surface area contributed by atoms with Crippen LogP contribution < -0.4 is 5.32 Å². The molecule has 0 saturated heterocycles. The lowest BCUT2D eigenvalue weighted by molar-refractivity contribution is 0.584. The second kappa shape index (κ2) is 5.15. The largest absolute Gasteiger partial charge is 0.355 e. The van der Waals surface area contributed by atoms with E-state index in [9.17, 15) is 8.78 Å². The quantitative estimate of drug-likeness (QED) is 0.895. The van der Waals surface area contributed by atoms with Gasteiger partial charge in [0.25, 0.3) is 0 Å². The SMILES string of the molecule is N#Cc1ccc(Nc2cc(F)cc(F)c2)cc1Br. The minimum absolute atomic E-state index is 0.309. The first-order chi connectivity index (χ1) is 8.58. The number of nitrogens with zero attached hydrogens (tertiary/aromatic N) is 1. The van der Waals surface area contributed by atoms with Gasteiger partial charge in [-0.3, -0.25) is 0 Å². The van der Waals surface area contributed by atoms with Crippen LogP contribution in [0.1, 0.15) is 5.56 Å². The molecule has 18 heavy (non-hydrogen) atoms. The molecule has 0 amide bonds. The summed E-state index contributed by atoms with van der Waals surface area (Å²) in [4.78, 5) is 0. The van der Waals surface area contributed by atoms with Crippen molar-refractivity contribution < 1.29 is 8.78 Å². The van der Waals surface area contributed by atoms with Gasteiger partial charge >= 0.3 is 0 Å². The number of nitriles is 1. The van der Waals surface area contributed by atoms with E-state index in [0.717, 1.165) is 6.07 Å². The third kappa shape index (κ3) is 2.84. The van der Waals surface area contributed by atoms with Crippen molar-refractivity contribution in [1.29, 1.82) is 5.26 Å². The zero-order valence-corrected chi connectivity index (χ0v) is 10.6. The molecule has 0 heterocycles. The number of hydrogen-bond acceptors (Lipinski definition) is 2. The number of anilines is 2. The monoisotopic (exact) mass is 308 g/mol. The lowest BCUT2D eigenvalue weighted by atomic mass is 10.2. The van der Waals surface area contributed by atoms with Gasteiger partial charge in [-0.05, 0) is 46.3 Å². The molecule has 0 aliphatic heterocycles. The summed E-state index contributed by atoms with van der Waals surface area (Å²) < 4.78 is 26.6. The Bertz CT molecular complexity index is 615. The molecule has 0 aliphatic carbocycles. The molecule has 0 radical (unpaired) electrons. The maximum atomic E-state index is 13.0. The molecule has 0 aromatic heterocycles. The van der Waals surface area contributed by atoms with Crippen LogP contribution in [0.3, 0.4) is 0 Å². The summed E-state index contributed by atoms with van der Waals surface area (Å²) in [6.07, 6.45) is 0. The molecule has 0 spiro atoms. The molecule has 5 heteroatoms. The smallest absolute Gasteiger partial charge is 0.128 e.